The number of rotatable bonds is 3. The highest BCUT2D eigenvalue weighted by Crippen LogP contribution is 2.30. The molecule has 0 aliphatic rings. The first kappa shape index (κ1) is 12.5. The summed E-state index contributed by atoms with van der Waals surface area (Å²) in [6, 6.07) is 6.90. The van der Waals surface area contributed by atoms with E-state index in [1.165, 1.54) is 6.07 Å². The summed E-state index contributed by atoms with van der Waals surface area (Å²) in [5, 5.41) is 2.91. The topological polar surface area (TPSA) is 25.2 Å². The molecule has 0 bridgehead atoms. The fourth-order valence-corrected chi connectivity index (χ4v) is 1.57. The van der Waals surface area contributed by atoms with Gasteiger partial charge in [0.25, 0.3) is 0 Å². The number of hydrogen-bond acceptors (Lipinski definition) is 2. The lowest BCUT2D eigenvalue weighted by molar-refractivity contribution is -0.137. The van der Waals surface area contributed by atoms with Crippen LogP contribution in [0.4, 0.5) is 18.9 Å². The van der Waals surface area contributed by atoms with E-state index in [0.29, 0.717) is 18.0 Å². The summed E-state index contributed by atoms with van der Waals surface area (Å²) in [5.74, 6) is 0.715. The summed E-state index contributed by atoms with van der Waals surface area (Å²) >= 11 is 0. The van der Waals surface area contributed by atoms with E-state index in [4.69, 9.17) is 4.42 Å². The molecule has 1 heterocycles. The fraction of sp³-hybridized carbons (Fsp3) is 0.231. The van der Waals surface area contributed by atoms with Gasteiger partial charge >= 0.3 is 6.18 Å². The van der Waals surface area contributed by atoms with Gasteiger partial charge in [-0.25, -0.2) is 0 Å². The Morgan fingerprint density at radius 1 is 1.22 bits per heavy atom. The van der Waals surface area contributed by atoms with E-state index < -0.39 is 11.7 Å². The van der Waals surface area contributed by atoms with Crippen molar-refractivity contribution >= 4 is 5.69 Å². The minimum Gasteiger partial charge on any atom is -0.467 e. The molecule has 5 heteroatoms. The van der Waals surface area contributed by atoms with Gasteiger partial charge in [0.2, 0.25) is 0 Å². The Labute approximate surface area is 102 Å². The molecule has 2 aromatic rings. The third kappa shape index (κ3) is 2.85. The predicted molar refractivity (Wildman–Crippen MR) is 62.2 cm³/mol. The van der Waals surface area contributed by atoms with Gasteiger partial charge in [0.15, 0.2) is 0 Å². The Bertz CT molecular complexity index is 531. The zero-order valence-electron chi connectivity index (χ0n) is 9.71. The van der Waals surface area contributed by atoms with Crippen molar-refractivity contribution in [1.29, 1.82) is 0 Å². The first-order valence-electron chi connectivity index (χ1n) is 5.41. The normalized spacial score (nSPS) is 11.6. The summed E-state index contributed by atoms with van der Waals surface area (Å²) < 4.78 is 42.7. The van der Waals surface area contributed by atoms with Gasteiger partial charge in [-0.3, -0.25) is 0 Å². The highest BCUT2D eigenvalue weighted by molar-refractivity contribution is 5.46. The van der Waals surface area contributed by atoms with Gasteiger partial charge in [-0.05, 0) is 36.8 Å². The summed E-state index contributed by atoms with van der Waals surface area (Å²) in [7, 11) is 0. The molecule has 0 unspecified atom stereocenters. The van der Waals surface area contributed by atoms with Crippen molar-refractivity contribution in [3.8, 4) is 0 Å². The third-order valence-electron chi connectivity index (χ3n) is 2.61. The van der Waals surface area contributed by atoms with Crippen molar-refractivity contribution in [2.24, 2.45) is 0 Å². The van der Waals surface area contributed by atoms with E-state index in [1.54, 1.807) is 12.3 Å². The minimum atomic E-state index is -4.32. The summed E-state index contributed by atoms with van der Waals surface area (Å²) in [6.07, 6.45) is -2.77. The van der Waals surface area contributed by atoms with E-state index >= 15 is 0 Å². The van der Waals surface area contributed by atoms with Gasteiger partial charge in [0, 0.05) is 5.69 Å². The molecule has 2 rings (SSSR count). The molecule has 0 aliphatic heterocycles. The molecular formula is C13H12F3NO. The third-order valence-corrected chi connectivity index (χ3v) is 2.61. The van der Waals surface area contributed by atoms with Crippen LogP contribution in [0.1, 0.15) is 16.9 Å². The highest BCUT2D eigenvalue weighted by atomic mass is 19.4. The molecule has 0 aliphatic carbocycles. The molecule has 96 valence electrons. The second kappa shape index (κ2) is 4.76. The van der Waals surface area contributed by atoms with Gasteiger partial charge < -0.3 is 9.73 Å². The van der Waals surface area contributed by atoms with Gasteiger partial charge in [-0.1, -0.05) is 6.07 Å². The average molecular weight is 255 g/mol. The maximum absolute atomic E-state index is 12.5. The summed E-state index contributed by atoms with van der Waals surface area (Å²) in [4.78, 5) is 0. The van der Waals surface area contributed by atoms with Crippen molar-refractivity contribution in [2.45, 2.75) is 19.6 Å². The Hall–Kier alpha value is -1.91. The molecule has 1 aromatic heterocycles. The zero-order chi connectivity index (χ0) is 13.2. The molecule has 18 heavy (non-hydrogen) atoms. The molecule has 0 amide bonds. The molecule has 1 N–H and O–H groups in total. The Morgan fingerprint density at radius 3 is 2.61 bits per heavy atom. The number of benzene rings is 1. The smallest absolute Gasteiger partial charge is 0.416 e. The lowest BCUT2D eigenvalue weighted by Crippen LogP contribution is -2.06. The molecule has 0 radical (unpaired) electrons. The van der Waals surface area contributed by atoms with E-state index in [-0.39, 0.29) is 0 Å². The van der Waals surface area contributed by atoms with Crippen LogP contribution in [0.3, 0.4) is 0 Å². The first-order chi connectivity index (χ1) is 8.47. The number of anilines is 1. The maximum atomic E-state index is 12.5. The van der Waals surface area contributed by atoms with Crippen LogP contribution in [0, 0.1) is 6.92 Å². The molecule has 1 aromatic carbocycles. The molecule has 0 atom stereocenters. The second-order valence-corrected chi connectivity index (χ2v) is 3.96. The monoisotopic (exact) mass is 255 g/mol. The lowest BCUT2D eigenvalue weighted by atomic mass is 10.2. The lowest BCUT2D eigenvalue weighted by Gasteiger charge is -2.10. The van der Waals surface area contributed by atoms with Crippen LogP contribution in [0.5, 0.6) is 0 Å². The number of hydrogen-bond donors (Lipinski definition) is 1. The van der Waals surface area contributed by atoms with Gasteiger partial charge in [0.1, 0.15) is 5.76 Å². The molecule has 0 fully saturated rings. The van der Waals surface area contributed by atoms with E-state index in [1.807, 2.05) is 13.0 Å². The molecule has 0 saturated heterocycles. The van der Waals surface area contributed by atoms with E-state index in [9.17, 15) is 13.2 Å². The zero-order valence-corrected chi connectivity index (χ0v) is 9.71. The second-order valence-electron chi connectivity index (χ2n) is 3.96. The SMILES string of the molecule is Cc1ccoc1CNc1cccc(C(F)(F)F)c1. The number of nitrogens with one attached hydrogen (secondary N) is 1. The number of aryl methyl sites for hydroxylation is 1. The number of furan rings is 1. The highest BCUT2D eigenvalue weighted by Gasteiger charge is 2.30. The quantitative estimate of drug-likeness (QED) is 0.888. The van der Waals surface area contributed by atoms with Crippen molar-refractivity contribution in [2.75, 3.05) is 5.32 Å². The van der Waals surface area contributed by atoms with E-state index in [0.717, 1.165) is 17.7 Å². The van der Waals surface area contributed by atoms with Gasteiger partial charge in [0.05, 0.1) is 18.4 Å². The van der Waals surface area contributed by atoms with E-state index in [2.05, 4.69) is 5.32 Å². The first-order valence-corrected chi connectivity index (χ1v) is 5.41. The van der Waals surface area contributed by atoms with Gasteiger partial charge in [-0.15, -0.1) is 0 Å². The Kier molecular flexibility index (Phi) is 3.32. The Morgan fingerprint density at radius 2 is 2.00 bits per heavy atom. The van der Waals surface area contributed by atoms with Crippen LogP contribution in [-0.2, 0) is 12.7 Å². The Balaban J connectivity index is 2.09. The standard InChI is InChI=1S/C13H12F3NO/c1-9-5-6-18-12(9)8-17-11-4-2-3-10(7-11)13(14,15)16/h2-7,17H,8H2,1H3. The summed E-state index contributed by atoms with van der Waals surface area (Å²) in [6.45, 7) is 2.24. The fourth-order valence-electron chi connectivity index (χ4n) is 1.57. The minimum absolute atomic E-state index is 0.361. The molecule has 0 saturated carbocycles. The average Bonchev–Trinajstić information content (AvgIpc) is 2.72. The molecule has 2 nitrogen and oxygen atoms in total. The van der Waals surface area contributed by atoms with Crippen LogP contribution >= 0.6 is 0 Å². The number of alkyl halides is 3. The molecular weight excluding hydrogens is 243 g/mol. The molecule has 0 spiro atoms. The van der Waals surface area contributed by atoms with Crippen LogP contribution in [-0.4, -0.2) is 0 Å². The van der Waals surface area contributed by atoms with Crippen molar-refractivity contribution in [3.63, 3.8) is 0 Å². The maximum Gasteiger partial charge on any atom is 0.416 e. The van der Waals surface area contributed by atoms with Gasteiger partial charge in [-0.2, -0.15) is 13.2 Å². The summed E-state index contributed by atoms with van der Waals surface area (Å²) in [5.41, 5.74) is 0.721. The van der Waals surface area contributed by atoms with Crippen LogP contribution in [0.2, 0.25) is 0 Å². The largest absolute Gasteiger partial charge is 0.467 e. The predicted octanol–water partition coefficient (Wildman–Crippen LogP) is 4.22. The van der Waals surface area contributed by atoms with Crippen LogP contribution in [0.15, 0.2) is 41.0 Å². The number of halogens is 3. The van der Waals surface area contributed by atoms with Crippen molar-refractivity contribution < 1.29 is 17.6 Å². The van der Waals surface area contributed by atoms with Crippen LogP contribution < -0.4 is 5.32 Å². The van der Waals surface area contributed by atoms with Crippen molar-refractivity contribution in [1.82, 2.24) is 0 Å². The van der Waals surface area contributed by atoms with Crippen LogP contribution in [0.25, 0.3) is 0 Å². The van der Waals surface area contributed by atoms with Crippen molar-refractivity contribution in [3.05, 3.63) is 53.5 Å².